The van der Waals surface area contributed by atoms with Gasteiger partial charge in [-0.3, -0.25) is 9.59 Å². The van der Waals surface area contributed by atoms with Crippen molar-refractivity contribution in [3.8, 4) is 0 Å². The Labute approximate surface area is 198 Å². The van der Waals surface area contributed by atoms with E-state index in [1.54, 1.807) is 4.90 Å². The average Bonchev–Trinajstić information content (AvgIpc) is 2.77. The van der Waals surface area contributed by atoms with Gasteiger partial charge in [-0.05, 0) is 30.7 Å². The number of nitrogens with zero attached hydrogens (tertiary/aromatic N) is 3. The summed E-state index contributed by atoms with van der Waals surface area (Å²) in [6.45, 7) is 7.46. The lowest BCUT2D eigenvalue weighted by atomic mass is 10.0. The molecule has 0 aliphatic carbocycles. The Morgan fingerprint density at radius 3 is 2.33 bits per heavy atom. The Morgan fingerprint density at radius 1 is 1.15 bits per heavy atom. The minimum atomic E-state index is -3.51. The van der Waals surface area contributed by atoms with Gasteiger partial charge in [0, 0.05) is 39.3 Å². The van der Waals surface area contributed by atoms with Crippen molar-refractivity contribution < 1.29 is 22.7 Å². The summed E-state index contributed by atoms with van der Waals surface area (Å²) < 4.78 is 32.0. The molecule has 0 N–H and O–H groups in total. The fourth-order valence-electron chi connectivity index (χ4n) is 4.16. The van der Waals surface area contributed by atoms with Crippen molar-refractivity contribution in [2.45, 2.75) is 52.6 Å². The SMILES string of the molecule is CCCS(=O)(=O)N(CC(=O)N(Cc1ccccc1)C1CCN(C(=O)COC)CC1)CC(C)C. The smallest absolute Gasteiger partial charge is 0.248 e. The van der Waals surface area contributed by atoms with E-state index in [1.165, 1.54) is 11.4 Å². The number of rotatable bonds is 12. The number of piperidine rings is 1. The number of ether oxygens (including phenoxy) is 1. The number of carbonyl (C=O) groups excluding carboxylic acids is 2. The van der Waals surface area contributed by atoms with Crippen LogP contribution in [0.15, 0.2) is 30.3 Å². The van der Waals surface area contributed by atoms with E-state index in [4.69, 9.17) is 4.74 Å². The van der Waals surface area contributed by atoms with Gasteiger partial charge >= 0.3 is 0 Å². The number of sulfonamides is 1. The van der Waals surface area contributed by atoms with Crippen molar-refractivity contribution in [1.29, 1.82) is 0 Å². The number of hydrogen-bond donors (Lipinski definition) is 0. The van der Waals surface area contributed by atoms with Crippen molar-refractivity contribution in [2.75, 3.05) is 45.6 Å². The van der Waals surface area contributed by atoms with Crippen molar-refractivity contribution in [1.82, 2.24) is 14.1 Å². The van der Waals surface area contributed by atoms with E-state index >= 15 is 0 Å². The Kier molecular flexibility index (Phi) is 10.8. The summed E-state index contributed by atoms with van der Waals surface area (Å²) in [4.78, 5) is 29.3. The van der Waals surface area contributed by atoms with E-state index in [0.29, 0.717) is 45.4 Å². The van der Waals surface area contributed by atoms with Gasteiger partial charge in [0.1, 0.15) is 6.61 Å². The number of hydrogen-bond acceptors (Lipinski definition) is 5. The third-order valence-electron chi connectivity index (χ3n) is 5.78. The van der Waals surface area contributed by atoms with Crippen LogP contribution in [-0.2, 0) is 30.9 Å². The summed E-state index contributed by atoms with van der Waals surface area (Å²) in [5, 5.41) is 0. The zero-order valence-electron chi connectivity index (χ0n) is 20.4. The minimum Gasteiger partial charge on any atom is -0.375 e. The molecule has 1 aromatic carbocycles. The molecule has 0 spiro atoms. The molecule has 0 aromatic heterocycles. The first-order valence-corrected chi connectivity index (χ1v) is 13.4. The second-order valence-corrected chi connectivity index (χ2v) is 11.1. The van der Waals surface area contributed by atoms with E-state index in [9.17, 15) is 18.0 Å². The normalized spacial score (nSPS) is 15.3. The highest BCUT2D eigenvalue weighted by Crippen LogP contribution is 2.21. The zero-order chi connectivity index (χ0) is 24.4. The summed E-state index contributed by atoms with van der Waals surface area (Å²) in [6, 6.07) is 9.67. The maximum Gasteiger partial charge on any atom is 0.248 e. The molecule has 1 aromatic rings. The largest absolute Gasteiger partial charge is 0.375 e. The maximum atomic E-state index is 13.5. The molecule has 9 heteroatoms. The molecule has 0 radical (unpaired) electrons. The molecule has 0 saturated carbocycles. The van der Waals surface area contributed by atoms with E-state index in [0.717, 1.165) is 5.56 Å². The molecular formula is C24H39N3O5S. The fourth-order valence-corrected chi connectivity index (χ4v) is 5.76. The minimum absolute atomic E-state index is 0.0334. The standard InChI is InChI=1S/C24H39N3O5S/c1-5-15-33(30,31)26(16-20(2)3)18-23(28)27(17-21-9-7-6-8-10-21)22-11-13-25(14-12-22)24(29)19-32-4/h6-10,20,22H,5,11-19H2,1-4H3. The summed E-state index contributed by atoms with van der Waals surface area (Å²) in [5.41, 5.74) is 0.996. The van der Waals surface area contributed by atoms with Crippen molar-refractivity contribution in [3.63, 3.8) is 0 Å². The number of likely N-dealkylation sites (tertiary alicyclic amines) is 1. The molecule has 2 amide bonds. The highest BCUT2D eigenvalue weighted by molar-refractivity contribution is 7.89. The first kappa shape index (κ1) is 27.3. The highest BCUT2D eigenvalue weighted by atomic mass is 32.2. The lowest BCUT2D eigenvalue weighted by molar-refractivity contribution is -0.139. The summed E-state index contributed by atoms with van der Waals surface area (Å²) in [5.74, 6) is -0.0976. The molecule has 2 rings (SSSR count). The van der Waals surface area contributed by atoms with Crippen molar-refractivity contribution in [2.24, 2.45) is 5.92 Å². The quantitative estimate of drug-likeness (QED) is 0.457. The molecule has 1 heterocycles. The highest BCUT2D eigenvalue weighted by Gasteiger charge is 2.32. The summed E-state index contributed by atoms with van der Waals surface area (Å²) in [7, 11) is -2.01. The lowest BCUT2D eigenvalue weighted by Gasteiger charge is -2.39. The third-order valence-corrected chi connectivity index (χ3v) is 7.77. The number of carbonyl (C=O) groups is 2. The predicted octanol–water partition coefficient (Wildman–Crippen LogP) is 2.35. The van der Waals surface area contributed by atoms with Gasteiger partial charge in [-0.15, -0.1) is 0 Å². The van der Waals surface area contributed by atoms with Gasteiger partial charge in [0.25, 0.3) is 0 Å². The Hall–Kier alpha value is -1.97. The molecule has 1 fully saturated rings. The second-order valence-electron chi connectivity index (χ2n) is 9.05. The monoisotopic (exact) mass is 481 g/mol. The topological polar surface area (TPSA) is 87.2 Å². The van der Waals surface area contributed by atoms with Gasteiger partial charge in [0.2, 0.25) is 21.8 Å². The molecule has 1 aliphatic heterocycles. The van der Waals surface area contributed by atoms with Crippen molar-refractivity contribution in [3.05, 3.63) is 35.9 Å². The van der Waals surface area contributed by atoms with E-state index < -0.39 is 10.0 Å². The van der Waals surface area contributed by atoms with Gasteiger partial charge in [-0.2, -0.15) is 4.31 Å². The van der Waals surface area contributed by atoms with Crippen LogP contribution in [0.25, 0.3) is 0 Å². The molecule has 33 heavy (non-hydrogen) atoms. The van der Waals surface area contributed by atoms with E-state index in [2.05, 4.69) is 0 Å². The van der Waals surface area contributed by atoms with Crippen LogP contribution in [0.4, 0.5) is 0 Å². The van der Waals surface area contributed by atoms with Gasteiger partial charge < -0.3 is 14.5 Å². The second kappa shape index (κ2) is 13.1. The van der Waals surface area contributed by atoms with Gasteiger partial charge in [-0.25, -0.2) is 8.42 Å². The van der Waals surface area contributed by atoms with Crippen LogP contribution in [0.3, 0.4) is 0 Å². The number of benzene rings is 1. The number of amides is 2. The van der Waals surface area contributed by atoms with E-state index in [-0.39, 0.29) is 42.7 Å². The molecule has 0 bridgehead atoms. The molecule has 186 valence electrons. The van der Waals surface area contributed by atoms with Gasteiger partial charge in [-0.1, -0.05) is 51.1 Å². The van der Waals surface area contributed by atoms with Crippen molar-refractivity contribution >= 4 is 21.8 Å². The van der Waals surface area contributed by atoms with Crippen LogP contribution in [0.5, 0.6) is 0 Å². The zero-order valence-corrected chi connectivity index (χ0v) is 21.2. The average molecular weight is 482 g/mol. The Bertz CT molecular complexity index is 852. The Balaban J connectivity index is 2.20. The van der Waals surface area contributed by atoms with Gasteiger partial charge in [0.05, 0.1) is 12.3 Å². The lowest BCUT2D eigenvalue weighted by Crippen LogP contribution is -2.52. The number of methoxy groups -OCH3 is 1. The third kappa shape index (κ3) is 8.39. The summed E-state index contributed by atoms with van der Waals surface area (Å²) in [6.07, 6.45) is 1.81. The molecule has 0 atom stereocenters. The fraction of sp³-hybridized carbons (Fsp3) is 0.667. The molecule has 0 unspecified atom stereocenters. The molecule has 1 saturated heterocycles. The van der Waals surface area contributed by atoms with Crippen LogP contribution >= 0.6 is 0 Å². The first-order valence-electron chi connectivity index (χ1n) is 11.8. The van der Waals surface area contributed by atoms with Crippen LogP contribution < -0.4 is 0 Å². The van der Waals surface area contributed by atoms with E-state index in [1.807, 2.05) is 56.0 Å². The van der Waals surface area contributed by atoms with Crippen LogP contribution in [0.1, 0.15) is 45.6 Å². The predicted molar refractivity (Wildman–Crippen MR) is 129 cm³/mol. The maximum absolute atomic E-state index is 13.5. The Morgan fingerprint density at radius 2 is 1.79 bits per heavy atom. The molecule has 8 nitrogen and oxygen atoms in total. The molecule has 1 aliphatic rings. The summed E-state index contributed by atoms with van der Waals surface area (Å²) >= 11 is 0. The molecular weight excluding hydrogens is 442 g/mol. The first-order chi connectivity index (χ1) is 15.7. The van der Waals surface area contributed by atoms with Gasteiger partial charge in [0.15, 0.2) is 0 Å². The van der Waals surface area contributed by atoms with Crippen LogP contribution in [-0.4, -0.2) is 86.0 Å². The van der Waals surface area contributed by atoms with Crippen LogP contribution in [0.2, 0.25) is 0 Å². The van der Waals surface area contributed by atoms with Crippen LogP contribution in [0, 0.1) is 5.92 Å².